The molecule has 0 spiro atoms. The first kappa shape index (κ1) is 16.5. The fourth-order valence-corrected chi connectivity index (χ4v) is 2.34. The smallest absolute Gasteiger partial charge is 0.255 e. The highest BCUT2D eigenvalue weighted by Gasteiger charge is 2.14. The SMILES string of the molecule is Cc1cccc(CNC(=O)c2ccc(Br)cc2OC(C)C)n1. The minimum atomic E-state index is -0.175. The number of nitrogens with zero attached hydrogens (tertiary/aromatic N) is 1. The fraction of sp³-hybridized carbons (Fsp3) is 0.294. The van der Waals surface area contributed by atoms with Gasteiger partial charge in [-0.3, -0.25) is 9.78 Å². The van der Waals surface area contributed by atoms with E-state index in [1.54, 1.807) is 12.1 Å². The molecule has 0 fully saturated rings. The second-order valence-corrected chi connectivity index (χ2v) is 6.18. The van der Waals surface area contributed by atoms with Gasteiger partial charge in [-0.15, -0.1) is 0 Å². The molecule has 1 amide bonds. The average Bonchev–Trinajstić information content (AvgIpc) is 2.44. The van der Waals surface area contributed by atoms with E-state index >= 15 is 0 Å². The number of amides is 1. The van der Waals surface area contributed by atoms with Crippen molar-refractivity contribution in [3.05, 3.63) is 57.8 Å². The predicted octanol–water partition coefficient (Wildman–Crippen LogP) is 3.87. The van der Waals surface area contributed by atoms with Crippen molar-refractivity contribution in [1.29, 1.82) is 0 Å². The van der Waals surface area contributed by atoms with Crippen LogP contribution in [0.25, 0.3) is 0 Å². The number of carbonyl (C=O) groups is 1. The van der Waals surface area contributed by atoms with Crippen LogP contribution >= 0.6 is 15.9 Å². The highest BCUT2D eigenvalue weighted by molar-refractivity contribution is 9.10. The zero-order chi connectivity index (χ0) is 16.1. The standard InChI is InChI=1S/C17H19BrN2O2/c1-11(2)22-16-9-13(18)7-8-15(16)17(21)19-10-14-6-4-5-12(3)20-14/h4-9,11H,10H2,1-3H3,(H,19,21). The van der Waals surface area contributed by atoms with Gasteiger partial charge in [0.2, 0.25) is 0 Å². The van der Waals surface area contributed by atoms with Crippen LogP contribution in [-0.4, -0.2) is 17.0 Å². The van der Waals surface area contributed by atoms with Crippen molar-refractivity contribution in [2.24, 2.45) is 0 Å². The van der Waals surface area contributed by atoms with Gasteiger partial charge in [0.15, 0.2) is 0 Å². The summed E-state index contributed by atoms with van der Waals surface area (Å²) in [7, 11) is 0. The molecule has 1 heterocycles. The molecule has 2 aromatic rings. The fourth-order valence-electron chi connectivity index (χ4n) is 2.00. The molecular formula is C17H19BrN2O2. The third-order valence-corrected chi connectivity index (χ3v) is 3.42. The Bertz CT molecular complexity index is 671. The lowest BCUT2D eigenvalue weighted by atomic mass is 10.2. The van der Waals surface area contributed by atoms with Gasteiger partial charge in [-0.1, -0.05) is 22.0 Å². The maximum atomic E-state index is 12.4. The molecule has 0 bridgehead atoms. The van der Waals surface area contributed by atoms with Crippen LogP contribution < -0.4 is 10.1 Å². The maximum Gasteiger partial charge on any atom is 0.255 e. The Kier molecular flexibility index (Phi) is 5.55. The predicted molar refractivity (Wildman–Crippen MR) is 90.1 cm³/mol. The van der Waals surface area contributed by atoms with E-state index in [0.717, 1.165) is 15.9 Å². The lowest BCUT2D eigenvalue weighted by molar-refractivity contribution is 0.0944. The average molecular weight is 363 g/mol. The van der Waals surface area contributed by atoms with Crippen molar-refractivity contribution in [3.8, 4) is 5.75 Å². The van der Waals surface area contributed by atoms with Crippen LogP contribution in [0.1, 0.15) is 35.6 Å². The summed E-state index contributed by atoms with van der Waals surface area (Å²) in [6.07, 6.45) is -0.000658. The first-order valence-corrected chi connectivity index (χ1v) is 7.92. The highest BCUT2D eigenvalue weighted by atomic mass is 79.9. The number of rotatable bonds is 5. The summed E-state index contributed by atoms with van der Waals surface area (Å²) in [6.45, 7) is 6.17. The Labute approximate surface area is 139 Å². The molecule has 2 rings (SSSR count). The van der Waals surface area contributed by atoms with Crippen LogP contribution in [0.3, 0.4) is 0 Å². The molecule has 22 heavy (non-hydrogen) atoms. The monoisotopic (exact) mass is 362 g/mol. The molecule has 0 aliphatic carbocycles. The third kappa shape index (κ3) is 4.56. The van der Waals surface area contributed by atoms with E-state index in [0.29, 0.717) is 17.9 Å². The number of hydrogen-bond acceptors (Lipinski definition) is 3. The molecule has 1 aromatic carbocycles. The molecule has 0 aliphatic heterocycles. The first-order chi connectivity index (χ1) is 10.5. The largest absolute Gasteiger partial charge is 0.490 e. The summed E-state index contributed by atoms with van der Waals surface area (Å²) in [6, 6.07) is 11.1. The van der Waals surface area contributed by atoms with Gasteiger partial charge in [-0.2, -0.15) is 0 Å². The quantitative estimate of drug-likeness (QED) is 0.878. The molecular weight excluding hydrogens is 344 g/mol. The normalized spacial score (nSPS) is 10.6. The number of aryl methyl sites for hydroxylation is 1. The lowest BCUT2D eigenvalue weighted by Gasteiger charge is -2.14. The summed E-state index contributed by atoms with van der Waals surface area (Å²) in [4.78, 5) is 16.8. The Balaban J connectivity index is 2.12. The number of benzene rings is 1. The van der Waals surface area contributed by atoms with Gasteiger partial charge in [-0.25, -0.2) is 0 Å². The van der Waals surface area contributed by atoms with Gasteiger partial charge in [0, 0.05) is 10.2 Å². The summed E-state index contributed by atoms with van der Waals surface area (Å²) in [5.74, 6) is 0.394. The van der Waals surface area contributed by atoms with Crippen LogP contribution in [-0.2, 0) is 6.54 Å². The second-order valence-electron chi connectivity index (χ2n) is 5.26. The Morgan fingerprint density at radius 3 is 2.77 bits per heavy atom. The van der Waals surface area contributed by atoms with Gasteiger partial charge in [0.05, 0.1) is 23.9 Å². The minimum absolute atomic E-state index is 0.000658. The number of pyridine rings is 1. The van der Waals surface area contributed by atoms with Crippen molar-refractivity contribution >= 4 is 21.8 Å². The van der Waals surface area contributed by atoms with Crippen molar-refractivity contribution < 1.29 is 9.53 Å². The van der Waals surface area contributed by atoms with E-state index in [4.69, 9.17) is 4.74 Å². The third-order valence-electron chi connectivity index (χ3n) is 2.93. The zero-order valence-electron chi connectivity index (χ0n) is 12.9. The van der Waals surface area contributed by atoms with E-state index in [1.807, 2.05) is 45.0 Å². The van der Waals surface area contributed by atoms with Crippen LogP contribution in [0.5, 0.6) is 5.75 Å². The topological polar surface area (TPSA) is 51.2 Å². The number of nitrogens with one attached hydrogen (secondary N) is 1. The number of hydrogen-bond donors (Lipinski definition) is 1. The zero-order valence-corrected chi connectivity index (χ0v) is 14.5. The molecule has 0 unspecified atom stereocenters. The Morgan fingerprint density at radius 1 is 1.32 bits per heavy atom. The van der Waals surface area contributed by atoms with Crippen molar-refractivity contribution in [2.75, 3.05) is 0 Å². The Hall–Kier alpha value is -1.88. The van der Waals surface area contributed by atoms with E-state index < -0.39 is 0 Å². The number of halogens is 1. The summed E-state index contributed by atoms with van der Waals surface area (Å²) >= 11 is 3.40. The van der Waals surface area contributed by atoms with Gasteiger partial charge < -0.3 is 10.1 Å². The molecule has 0 aliphatic rings. The van der Waals surface area contributed by atoms with E-state index in [9.17, 15) is 4.79 Å². The van der Waals surface area contributed by atoms with Crippen LogP contribution in [0.4, 0.5) is 0 Å². The van der Waals surface area contributed by atoms with E-state index in [-0.39, 0.29) is 12.0 Å². The van der Waals surface area contributed by atoms with Gasteiger partial charge in [0.1, 0.15) is 5.75 Å². The highest BCUT2D eigenvalue weighted by Crippen LogP contribution is 2.24. The number of aromatic nitrogens is 1. The molecule has 0 saturated heterocycles. The van der Waals surface area contributed by atoms with Crippen molar-refractivity contribution in [2.45, 2.75) is 33.4 Å². The molecule has 5 heteroatoms. The molecule has 1 N–H and O–H groups in total. The summed E-state index contributed by atoms with van der Waals surface area (Å²) in [5, 5.41) is 2.88. The van der Waals surface area contributed by atoms with Crippen LogP contribution in [0, 0.1) is 6.92 Å². The minimum Gasteiger partial charge on any atom is -0.490 e. The Morgan fingerprint density at radius 2 is 2.09 bits per heavy atom. The second kappa shape index (κ2) is 7.40. The van der Waals surface area contributed by atoms with E-state index in [1.165, 1.54) is 0 Å². The molecule has 1 aromatic heterocycles. The number of carbonyl (C=O) groups excluding carboxylic acids is 1. The lowest BCUT2D eigenvalue weighted by Crippen LogP contribution is -2.24. The molecule has 4 nitrogen and oxygen atoms in total. The van der Waals surface area contributed by atoms with Gasteiger partial charge >= 0.3 is 0 Å². The van der Waals surface area contributed by atoms with Crippen molar-refractivity contribution in [1.82, 2.24) is 10.3 Å². The molecule has 0 atom stereocenters. The number of ether oxygens (including phenoxy) is 1. The first-order valence-electron chi connectivity index (χ1n) is 7.12. The van der Waals surface area contributed by atoms with Crippen molar-refractivity contribution in [3.63, 3.8) is 0 Å². The summed E-state index contributed by atoms with van der Waals surface area (Å²) < 4.78 is 6.59. The van der Waals surface area contributed by atoms with Crippen LogP contribution in [0.15, 0.2) is 40.9 Å². The maximum absolute atomic E-state index is 12.4. The molecule has 116 valence electrons. The molecule has 0 saturated carbocycles. The molecule has 0 radical (unpaired) electrons. The van der Waals surface area contributed by atoms with Gasteiger partial charge in [-0.05, 0) is 51.1 Å². The summed E-state index contributed by atoms with van der Waals surface area (Å²) in [5.41, 5.74) is 2.28. The van der Waals surface area contributed by atoms with Gasteiger partial charge in [0.25, 0.3) is 5.91 Å². The van der Waals surface area contributed by atoms with Crippen LogP contribution in [0.2, 0.25) is 0 Å². The van der Waals surface area contributed by atoms with E-state index in [2.05, 4.69) is 26.2 Å².